The molecule has 0 radical (unpaired) electrons. The number of aldehydes is 1. The number of hydrogen-bond donors (Lipinski definition) is 3. The number of carbonyl (C=O) groups excluding carboxylic acids is 2. The molecule has 4 atom stereocenters. The molecule has 80 valence electrons. The third kappa shape index (κ3) is 2.28. The molecule has 0 unspecified atom stereocenters. The van der Waals surface area contributed by atoms with E-state index in [1.54, 1.807) is 0 Å². The maximum atomic E-state index is 10.7. The molecule has 0 aliphatic carbocycles. The Labute approximate surface area is 80.9 Å². The molecule has 1 fully saturated rings. The number of rotatable bonds is 2. The van der Waals surface area contributed by atoms with E-state index in [1.807, 2.05) is 0 Å². The van der Waals surface area contributed by atoms with Gasteiger partial charge in [-0.05, 0) is 0 Å². The van der Waals surface area contributed by atoms with Crippen molar-refractivity contribution in [3.8, 4) is 0 Å². The summed E-state index contributed by atoms with van der Waals surface area (Å²) in [6.07, 6.45) is -2.60. The van der Waals surface area contributed by atoms with Crippen LogP contribution in [0.2, 0.25) is 0 Å². The molecule has 0 aromatic heterocycles. The third-order valence-corrected chi connectivity index (χ3v) is 2.10. The molecule has 0 saturated carbocycles. The zero-order valence-electron chi connectivity index (χ0n) is 7.75. The molecule has 0 aromatic rings. The average molecular weight is 204 g/mol. The standard InChI is InChI=1S/C8H13NO5/c1-4(11)9-5-3-14-6(2-10)8(13)7(5)12/h2,5-8,12-13H,3H2,1H3,(H,9,11)/p+1/t5-,6+,7+,8+/m0/s1. The zero-order chi connectivity index (χ0) is 10.7. The van der Waals surface area contributed by atoms with Crippen LogP contribution in [0.4, 0.5) is 0 Å². The van der Waals surface area contributed by atoms with Gasteiger partial charge in [-0.3, -0.25) is 9.59 Å². The molecule has 0 bridgehead atoms. The van der Waals surface area contributed by atoms with Gasteiger partial charge in [0.25, 0.3) is 0 Å². The van der Waals surface area contributed by atoms with E-state index in [9.17, 15) is 15.0 Å². The van der Waals surface area contributed by atoms with E-state index in [0.29, 0.717) is 6.29 Å². The van der Waals surface area contributed by atoms with Crippen LogP contribution < -0.4 is 5.32 Å². The summed E-state index contributed by atoms with van der Waals surface area (Å²) in [5.74, 6) is -0.309. The first-order valence-electron chi connectivity index (χ1n) is 4.28. The number of aliphatic hydroxyl groups is 2. The van der Waals surface area contributed by atoms with Crippen molar-refractivity contribution >= 4 is 12.2 Å². The first-order chi connectivity index (χ1) is 6.56. The lowest BCUT2D eigenvalue weighted by atomic mass is 9.99. The van der Waals surface area contributed by atoms with Gasteiger partial charge >= 0.3 is 6.29 Å². The predicted molar refractivity (Wildman–Crippen MR) is 47.4 cm³/mol. The molecule has 0 aromatic carbocycles. The average Bonchev–Trinajstić information content (AvgIpc) is 2.13. The first-order valence-corrected chi connectivity index (χ1v) is 4.28. The normalized spacial score (nSPS) is 37.6. The van der Waals surface area contributed by atoms with Gasteiger partial charge in [0.1, 0.15) is 12.2 Å². The van der Waals surface area contributed by atoms with Gasteiger partial charge in [-0.1, -0.05) is 0 Å². The van der Waals surface area contributed by atoms with Crippen LogP contribution in [-0.2, 0) is 9.53 Å². The summed E-state index contributed by atoms with van der Waals surface area (Å²) >= 11 is 0. The van der Waals surface area contributed by atoms with Crippen molar-refractivity contribution in [3.63, 3.8) is 0 Å². The fourth-order valence-corrected chi connectivity index (χ4v) is 1.36. The number of ether oxygens (including phenoxy) is 1. The summed E-state index contributed by atoms with van der Waals surface area (Å²) in [7, 11) is 0. The number of carbonyl (C=O) groups is 1. The highest BCUT2D eigenvalue weighted by Crippen LogP contribution is 2.13. The minimum Gasteiger partial charge on any atom is -0.388 e. The van der Waals surface area contributed by atoms with E-state index in [0.717, 1.165) is 0 Å². The van der Waals surface area contributed by atoms with E-state index >= 15 is 0 Å². The Kier molecular flexibility index (Phi) is 3.56. The summed E-state index contributed by atoms with van der Waals surface area (Å²) in [4.78, 5) is 19.3. The van der Waals surface area contributed by atoms with Gasteiger partial charge in [-0.2, -0.15) is 0 Å². The molecular weight excluding hydrogens is 190 g/mol. The van der Waals surface area contributed by atoms with Gasteiger partial charge in [0, 0.05) is 6.92 Å². The lowest BCUT2D eigenvalue weighted by Gasteiger charge is -2.34. The summed E-state index contributed by atoms with van der Waals surface area (Å²) in [6, 6.07) is -0.640. The van der Waals surface area contributed by atoms with Crippen LogP contribution in [-0.4, -0.2) is 58.2 Å². The van der Waals surface area contributed by atoms with Gasteiger partial charge in [0.05, 0.1) is 12.6 Å². The van der Waals surface area contributed by atoms with Crippen molar-refractivity contribution in [2.45, 2.75) is 31.3 Å². The maximum absolute atomic E-state index is 10.7. The molecular formula is C8H14NO5+. The van der Waals surface area contributed by atoms with E-state index in [-0.39, 0.29) is 12.5 Å². The van der Waals surface area contributed by atoms with Crippen molar-refractivity contribution in [3.05, 3.63) is 0 Å². The molecule has 14 heavy (non-hydrogen) atoms. The van der Waals surface area contributed by atoms with Gasteiger partial charge in [-0.25, -0.2) is 0 Å². The number of amides is 1. The molecule has 0 spiro atoms. The highest BCUT2D eigenvalue weighted by atomic mass is 16.5. The van der Waals surface area contributed by atoms with Gasteiger partial charge in [0.15, 0.2) is 6.10 Å². The molecule has 1 heterocycles. The first kappa shape index (κ1) is 11.1. The van der Waals surface area contributed by atoms with Crippen LogP contribution in [0.3, 0.4) is 0 Å². The Hall–Kier alpha value is -0.980. The fourth-order valence-electron chi connectivity index (χ4n) is 1.36. The Morgan fingerprint density at radius 2 is 2.21 bits per heavy atom. The highest BCUT2D eigenvalue weighted by Gasteiger charge is 2.40. The van der Waals surface area contributed by atoms with Crippen LogP contribution >= 0.6 is 0 Å². The van der Waals surface area contributed by atoms with Crippen molar-refractivity contribution in [1.29, 1.82) is 0 Å². The third-order valence-electron chi connectivity index (χ3n) is 2.10. The Balaban J connectivity index is 2.59. The number of aliphatic hydroxyl groups excluding tert-OH is 2. The lowest BCUT2D eigenvalue weighted by molar-refractivity contribution is -0.138. The van der Waals surface area contributed by atoms with E-state index < -0.39 is 24.4 Å². The van der Waals surface area contributed by atoms with E-state index in [2.05, 4.69) is 5.32 Å². The quantitative estimate of drug-likeness (QED) is 0.350. The molecule has 6 nitrogen and oxygen atoms in total. The van der Waals surface area contributed by atoms with Crippen molar-refractivity contribution in [2.24, 2.45) is 0 Å². The minimum atomic E-state index is -1.23. The van der Waals surface area contributed by atoms with Crippen LogP contribution in [0.15, 0.2) is 0 Å². The second-order valence-corrected chi connectivity index (χ2v) is 3.24. The Bertz CT molecular complexity index is 232. The minimum absolute atomic E-state index is 0.0551. The SMILES string of the molecule is CC(=O)N[C@H]1CO[C@H](C=[OH+])[C@@H](O)[C@@H]1O. The Morgan fingerprint density at radius 3 is 2.71 bits per heavy atom. The van der Waals surface area contributed by atoms with Gasteiger partial charge in [0.2, 0.25) is 5.91 Å². The van der Waals surface area contributed by atoms with Crippen molar-refractivity contribution in [2.75, 3.05) is 6.61 Å². The zero-order valence-corrected chi connectivity index (χ0v) is 7.75. The summed E-state index contributed by atoms with van der Waals surface area (Å²) in [5.41, 5.74) is 0. The van der Waals surface area contributed by atoms with E-state index in [1.165, 1.54) is 6.92 Å². The second-order valence-electron chi connectivity index (χ2n) is 3.24. The lowest BCUT2D eigenvalue weighted by Crippen LogP contribution is -2.59. The summed E-state index contributed by atoms with van der Waals surface area (Å²) in [5, 5.41) is 21.4. The van der Waals surface area contributed by atoms with Gasteiger partial charge in [-0.15, -0.1) is 0 Å². The molecule has 1 aliphatic heterocycles. The summed E-state index contributed by atoms with van der Waals surface area (Å²) in [6.45, 7) is 1.36. The van der Waals surface area contributed by atoms with E-state index in [4.69, 9.17) is 9.53 Å². The molecule has 6 heteroatoms. The topological polar surface area (TPSA) is 100 Å². The molecule has 1 aliphatic rings. The van der Waals surface area contributed by atoms with Crippen molar-refractivity contribution in [1.82, 2.24) is 5.32 Å². The summed E-state index contributed by atoms with van der Waals surface area (Å²) < 4.78 is 4.99. The highest BCUT2D eigenvalue weighted by molar-refractivity contribution is 5.73. The van der Waals surface area contributed by atoms with Crippen molar-refractivity contribution < 1.29 is 24.5 Å². The Morgan fingerprint density at radius 1 is 1.57 bits per heavy atom. The van der Waals surface area contributed by atoms with Crippen LogP contribution in [0.1, 0.15) is 6.92 Å². The maximum Gasteiger partial charge on any atom is 0.313 e. The molecule has 4 N–H and O–H groups in total. The number of nitrogens with one attached hydrogen (secondary N) is 1. The fraction of sp³-hybridized carbons (Fsp3) is 0.750. The molecule has 1 amide bonds. The van der Waals surface area contributed by atoms with Crippen LogP contribution in [0.25, 0.3) is 0 Å². The van der Waals surface area contributed by atoms with Crippen LogP contribution in [0, 0.1) is 0 Å². The van der Waals surface area contributed by atoms with Crippen LogP contribution in [0.5, 0.6) is 0 Å². The smallest absolute Gasteiger partial charge is 0.313 e. The predicted octanol–water partition coefficient (Wildman–Crippen LogP) is -2.21. The number of hydrogen-bond acceptors (Lipinski definition) is 4. The molecule has 1 saturated heterocycles. The monoisotopic (exact) mass is 204 g/mol. The van der Waals surface area contributed by atoms with Gasteiger partial charge < -0.3 is 20.3 Å². The molecule has 1 rings (SSSR count). The second kappa shape index (κ2) is 4.50. The largest absolute Gasteiger partial charge is 0.388 e.